The molecule has 4 heteroatoms. The average Bonchev–Trinajstić information content (AvgIpc) is 3.71. The second-order valence-corrected chi connectivity index (χ2v) is 13.3. The van der Waals surface area contributed by atoms with Gasteiger partial charge in [-0.2, -0.15) is 0 Å². The van der Waals surface area contributed by atoms with Crippen LogP contribution in [0.15, 0.2) is 103 Å². The smallest absolute Gasteiger partial charge is 0.148 e. The topological polar surface area (TPSA) is 28.3 Å². The third kappa shape index (κ3) is 4.58. The predicted molar refractivity (Wildman–Crippen MR) is 218 cm³/mol. The Balaban J connectivity index is 1.64. The molecule has 0 aliphatic heterocycles. The van der Waals surface area contributed by atoms with Gasteiger partial charge in [0, 0.05) is 67.9 Å². The van der Waals surface area contributed by atoms with Crippen LogP contribution in [0.4, 0.5) is 0 Å². The second-order valence-electron chi connectivity index (χ2n) is 13.3. The molecule has 1 aliphatic carbocycles. The first-order valence-electron chi connectivity index (χ1n) is 18.1. The van der Waals surface area contributed by atoms with E-state index in [4.69, 9.17) is 22.3 Å². The molecule has 0 atom stereocenters. The van der Waals surface area contributed by atoms with Gasteiger partial charge in [0.05, 0.1) is 11.0 Å². The number of fused-ring (bicyclic) bond motifs is 8. The standard InChI is InChI=1S/C48H38N2O2/c1-5-29-51-39-27-25-31-17-9-11-19-33(31)41(39)45-43-35-21-13-15-23-37(35)50(8-4)48(43)46(44-36-22-14-16-24-38(36)49(7-3)47(44)45)42-34-20-12-10-18-32(34)26-28-40(42)52-30-6-2/h1-2,9,11-17,19-28H,7-8,10,18,29-30H2,3-4H3. The maximum atomic E-state index is 6.51. The summed E-state index contributed by atoms with van der Waals surface area (Å²) in [5, 5.41) is 7.00. The van der Waals surface area contributed by atoms with Gasteiger partial charge in [0.15, 0.2) is 0 Å². The molecule has 0 saturated heterocycles. The Morgan fingerprint density at radius 2 is 1.13 bits per heavy atom. The van der Waals surface area contributed by atoms with E-state index in [9.17, 15) is 0 Å². The van der Waals surface area contributed by atoms with Gasteiger partial charge in [0.2, 0.25) is 0 Å². The number of benzene rings is 6. The Bertz CT molecular complexity index is 2840. The molecule has 0 saturated carbocycles. The van der Waals surface area contributed by atoms with Crippen molar-refractivity contribution in [3.05, 3.63) is 114 Å². The Labute approximate surface area is 303 Å². The summed E-state index contributed by atoms with van der Waals surface area (Å²) in [6.07, 6.45) is 18.2. The molecule has 9 rings (SSSR count). The Kier molecular flexibility index (Phi) is 7.75. The fraction of sp³-hybridized carbons (Fsp3) is 0.167. The number of ether oxygens (including phenoxy) is 2. The summed E-state index contributed by atoms with van der Waals surface area (Å²) in [6, 6.07) is 34.8. The number of rotatable bonds is 8. The van der Waals surface area contributed by atoms with Crippen LogP contribution in [-0.4, -0.2) is 22.3 Å². The lowest BCUT2D eigenvalue weighted by Gasteiger charge is -2.24. The van der Waals surface area contributed by atoms with Crippen molar-refractivity contribution in [3.8, 4) is 58.4 Å². The number of hydrogen-bond donors (Lipinski definition) is 0. The molecule has 0 N–H and O–H groups in total. The van der Waals surface area contributed by atoms with Crippen molar-refractivity contribution in [2.24, 2.45) is 0 Å². The van der Waals surface area contributed by atoms with Crippen molar-refractivity contribution >= 4 is 60.5 Å². The number of para-hydroxylation sites is 2. The molecule has 2 aromatic heterocycles. The second kappa shape index (κ2) is 12.8. The molecule has 6 aromatic carbocycles. The van der Waals surface area contributed by atoms with Crippen LogP contribution in [0.5, 0.6) is 11.5 Å². The van der Waals surface area contributed by atoms with E-state index in [0.717, 1.165) is 76.0 Å². The van der Waals surface area contributed by atoms with E-state index in [1.807, 2.05) is 0 Å². The maximum Gasteiger partial charge on any atom is 0.148 e. The SMILES string of the molecule is C#CCOc1ccc2c(c1-c1c3c4ccccc4n(CC)c3c(-c3c(OCC#C)ccc4ccccc34)c3c4ccccc4n(CC)c13)C=CCC2. The normalized spacial score (nSPS) is 12.5. The Hall–Kier alpha value is -6.36. The number of aromatic nitrogens is 2. The minimum absolute atomic E-state index is 0.168. The van der Waals surface area contributed by atoms with Gasteiger partial charge in [0.1, 0.15) is 24.7 Å². The summed E-state index contributed by atoms with van der Waals surface area (Å²) in [6.45, 7) is 6.37. The summed E-state index contributed by atoms with van der Waals surface area (Å²) in [5.41, 5.74) is 11.6. The highest BCUT2D eigenvalue weighted by molar-refractivity contribution is 6.34. The van der Waals surface area contributed by atoms with E-state index < -0.39 is 0 Å². The number of allylic oxidation sites excluding steroid dienone is 1. The zero-order valence-electron chi connectivity index (χ0n) is 29.5. The lowest BCUT2D eigenvalue weighted by atomic mass is 9.84. The number of terminal acetylenes is 2. The molecule has 52 heavy (non-hydrogen) atoms. The molecular weight excluding hydrogens is 637 g/mol. The van der Waals surface area contributed by atoms with Crippen molar-refractivity contribution in [1.82, 2.24) is 9.13 Å². The first-order valence-corrected chi connectivity index (χ1v) is 18.1. The van der Waals surface area contributed by atoms with E-state index in [1.54, 1.807) is 0 Å². The van der Waals surface area contributed by atoms with Crippen LogP contribution >= 0.6 is 0 Å². The zero-order valence-corrected chi connectivity index (χ0v) is 29.5. The molecule has 0 fully saturated rings. The minimum Gasteiger partial charge on any atom is -0.480 e. The van der Waals surface area contributed by atoms with Gasteiger partial charge in [-0.05, 0) is 72.9 Å². The first kappa shape index (κ1) is 31.6. The lowest BCUT2D eigenvalue weighted by Crippen LogP contribution is -2.05. The monoisotopic (exact) mass is 674 g/mol. The van der Waals surface area contributed by atoms with Crippen molar-refractivity contribution < 1.29 is 9.47 Å². The summed E-state index contributed by atoms with van der Waals surface area (Å²) >= 11 is 0. The van der Waals surface area contributed by atoms with Crippen molar-refractivity contribution in [1.29, 1.82) is 0 Å². The van der Waals surface area contributed by atoms with Crippen LogP contribution in [0.25, 0.3) is 82.7 Å². The lowest BCUT2D eigenvalue weighted by molar-refractivity contribution is 0.371. The third-order valence-electron chi connectivity index (χ3n) is 10.7. The fourth-order valence-electron chi connectivity index (χ4n) is 8.75. The molecule has 0 unspecified atom stereocenters. The third-order valence-corrected chi connectivity index (χ3v) is 10.7. The average molecular weight is 675 g/mol. The van der Waals surface area contributed by atoms with Gasteiger partial charge in [-0.3, -0.25) is 0 Å². The molecule has 8 aromatic rings. The molecule has 4 nitrogen and oxygen atoms in total. The van der Waals surface area contributed by atoms with Crippen LogP contribution in [-0.2, 0) is 19.5 Å². The Morgan fingerprint density at radius 3 is 1.75 bits per heavy atom. The van der Waals surface area contributed by atoms with E-state index in [2.05, 4.69) is 144 Å². The van der Waals surface area contributed by atoms with Gasteiger partial charge in [0.25, 0.3) is 0 Å². The van der Waals surface area contributed by atoms with E-state index >= 15 is 0 Å². The molecule has 0 spiro atoms. The molecule has 0 amide bonds. The van der Waals surface area contributed by atoms with Crippen LogP contribution in [0.2, 0.25) is 0 Å². The van der Waals surface area contributed by atoms with Crippen molar-refractivity contribution in [2.45, 2.75) is 39.8 Å². The molecule has 0 radical (unpaired) electrons. The molecule has 2 heterocycles. The van der Waals surface area contributed by atoms with Gasteiger partial charge in [-0.25, -0.2) is 0 Å². The van der Waals surface area contributed by atoms with Gasteiger partial charge in [-0.1, -0.05) is 96.8 Å². The summed E-state index contributed by atoms with van der Waals surface area (Å²) in [7, 11) is 0. The summed E-state index contributed by atoms with van der Waals surface area (Å²) in [4.78, 5) is 0. The largest absolute Gasteiger partial charge is 0.480 e. The highest BCUT2D eigenvalue weighted by atomic mass is 16.5. The van der Waals surface area contributed by atoms with Crippen LogP contribution in [0, 0.1) is 24.7 Å². The quantitative estimate of drug-likeness (QED) is 0.150. The first-order chi connectivity index (χ1) is 25.7. The minimum atomic E-state index is 0.168. The molecule has 1 aliphatic rings. The van der Waals surface area contributed by atoms with Crippen LogP contribution in [0.3, 0.4) is 0 Å². The maximum absolute atomic E-state index is 6.51. The number of nitrogens with zero attached hydrogens (tertiary/aromatic N) is 2. The number of aryl methyl sites for hydroxylation is 3. The van der Waals surface area contributed by atoms with E-state index in [-0.39, 0.29) is 13.2 Å². The summed E-state index contributed by atoms with van der Waals surface area (Å²) in [5.74, 6) is 7.01. The molecular formula is C48H38N2O2. The highest BCUT2D eigenvalue weighted by Gasteiger charge is 2.31. The van der Waals surface area contributed by atoms with Gasteiger partial charge < -0.3 is 18.6 Å². The fourth-order valence-corrected chi connectivity index (χ4v) is 8.75. The van der Waals surface area contributed by atoms with Crippen molar-refractivity contribution in [3.63, 3.8) is 0 Å². The number of hydrogen-bond acceptors (Lipinski definition) is 2. The predicted octanol–water partition coefficient (Wildman–Crippen LogP) is 11.4. The van der Waals surface area contributed by atoms with E-state index in [0.29, 0.717) is 0 Å². The van der Waals surface area contributed by atoms with Crippen molar-refractivity contribution in [2.75, 3.05) is 13.2 Å². The highest BCUT2D eigenvalue weighted by Crippen LogP contribution is 2.55. The molecule has 0 bridgehead atoms. The zero-order chi connectivity index (χ0) is 35.3. The van der Waals surface area contributed by atoms with Crippen LogP contribution < -0.4 is 9.47 Å². The Morgan fingerprint density at radius 1 is 0.596 bits per heavy atom. The summed E-state index contributed by atoms with van der Waals surface area (Å²) < 4.78 is 18.0. The molecule has 252 valence electrons. The van der Waals surface area contributed by atoms with Gasteiger partial charge >= 0.3 is 0 Å². The van der Waals surface area contributed by atoms with E-state index in [1.165, 1.54) is 49.2 Å². The van der Waals surface area contributed by atoms with Gasteiger partial charge in [-0.15, -0.1) is 12.8 Å². The van der Waals surface area contributed by atoms with Crippen LogP contribution in [0.1, 0.15) is 31.4 Å².